The van der Waals surface area contributed by atoms with E-state index in [1.165, 1.54) is 18.2 Å². The standard InChI is InChI=1S/C9H5IO3.C5H14NO/c10-9(13)8-3-6(4-11)1-2-7(8)5-12;1-6(2,3)4-5-7/h1-5H;7H,4-5H2,1-3H3/q;+1. The number of quaternary nitrogens is 1. The molecule has 0 bridgehead atoms. The summed E-state index contributed by atoms with van der Waals surface area (Å²) in [6.07, 6.45) is 1.23. The Labute approximate surface area is 132 Å². The molecule has 110 valence electrons. The molecule has 0 heterocycles. The zero-order chi connectivity index (χ0) is 15.8. The number of carbonyl (C=O) groups excluding carboxylic acids is 3. The summed E-state index contributed by atoms with van der Waals surface area (Å²) >= 11 is 1.58. The highest BCUT2D eigenvalue weighted by molar-refractivity contribution is 14.1. The van der Waals surface area contributed by atoms with Crippen molar-refractivity contribution in [3.63, 3.8) is 0 Å². The lowest BCUT2D eigenvalue weighted by molar-refractivity contribution is -0.870. The number of aldehydes is 2. The molecule has 0 atom stereocenters. The van der Waals surface area contributed by atoms with E-state index in [0.29, 0.717) is 23.7 Å². The predicted octanol–water partition coefficient (Wildman–Crippen LogP) is 1.57. The normalized spacial score (nSPS) is 10.2. The van der Waals surface area contributed by atoms with Gasteiger partial charge in [0.1, 0.15) is 12.8 Å². The van der Waals surface area contributed by atoms with Crippen molar-refractivity contribution in [2.24, 2.45) is 0 Å². The lowest BCUT2D eigenvalue weighted by Gasteiger charge is -2.21. The van der Waals surface area contributed by atoms with E-state index in [4.69, 9.17) is 5.11 Å². The van der Waals surface area contributed by atoms with Gasteiger partial charge in [-0.05, 0) is 6.07 Å². The van der Waals surface area contributed by atoms with Crippen molar-refractivity contribution < 1.29 is 24.0 Å². The van der Waals surface area contributed by atoms with Crippen molar-refractivity contribution in [2.75, 3.05) is 34.3 Å². The van der Waals surface area contributed by atoms with Crippen LogP contribution in [-0.4, -0.2) is 60.2 Å². The van der Waals surface area contributed by atoms with Crippen LogP contribution >= 0.6 is 22.6 Å². The maximum absolute atomic E-state index is 11.0. The number of nitrogens with zero attached hydrogens (tertiary/aromatic N) is 1. The number of halogens is 1. The van der Waals surface area contributed by atoms with Gasteiger partial charge in [-0.25, -0.2) is 0 Å². The molecule has 1 N–H and O–H groups in total. The number of benzene rings is 1. The van der Waals surface area contributed by atoms with Crippen molar-refractivity contribution in [3.05, 3.63) is 34.9 Å². The molecular weight excluding hydrogens is 373 g/mol. The molecule has 0 aromatic heterocycles. The zero-order valence-corrected chi connectivity index (χ0v) is 14.0. The highest BCUT2D eigenvalue weighted by Gasteiger charge is 2.08. The van der Waals surface area contributed by atoms with Crippen LogP contribution in [0.2, 0.25) is 0 Å². The molecular formula is C14H19INO4+. The molecule has 0 saturated heterocycles. The number of aliphatic hydroxyl groups is 1. The number of hydrogen-bond acceptors (Lipinski definition) is 4. The smallest absolute Gasteiger partial charge is 0.223 e. The van der Waals surface area contributed by atoms with Crippen molar-refractivity contribution in [1.82, 2.24) is 0 Å². The molecule has 0 aliphatic rings. The van der Waals surface area contributed by atoms with Crippen LogP contribution in [0.4, 0.5) is 0 Å². The van der Waals surface area contributed by atoms with Crippen molar-refractivity contribution in [1.29, 1.82) is 0 Å². The molecule has 6 heteroatoms. The molecule has 1 aromatic carbocycles. The third kappa shape index (κ3) is 7.46. The summed E-state index contributed by atoms with van der Waals surface area (Å²) < 4.78 is 0.597. The minimum atomic E-state index is -0.247. The van der Waals surface area contributed by atoms with Gasteiger partial charge in [-0.3, -0.25) is 14.4 Å². The Morgan fingerprint density at radius 2 is 1.85 bits per heavy atom. The second-order valence-corrected chi connectivity index (χ2v) is 6.07. The summed E-state index contributed by atoms with van der Waals surface area (Å²) in [6, 6.07) is 4.37. The van der Waals surface area contributed by atoms with Crippen molar-refractivity contribution >= 4 is 39.0 Å². The van der Waals surface area contributed by atoms with Crippen LogP contribution in [0.5, 0.6) is 0 Å². The summed E-state index contributed by atoms with van der Waals surface area (Å²) in [5.74, 6) is 0. The number of aliphatic hydroxyl groups excluding tert-OH is 1. The maximum atomic E-state index is 11.0. The fourth-order valence-electron chi connectivity index (χ4n) is 1.22. The van der Waals surface area contributed by atoms with Crippen LogP contribution in [-0.2, 0) is 0 Å². The van der Waals surface area contributed by atoms with Crippen LogP contribution in [0.3, 0.4) is 0 Å². The van der Waals surface area contributed by atoms with E-state index < -0.39 is 0 Å². The summed E-state index contributed by atoms with van der Waals surface area (Å²) in [6.45, 7) is 1.11. The number of likely N-dealkylation sites (N-methyl/N-ethyl adjacent to an activating group) is 1. The van der Waals surface area contributed by atoms with Crippen LogP contribution < -0.4 is 0 Å². The predicted molar refractivity (Wildman–Crippen MR) is 85.6 cm³/mol. The average Bonchev–Trinajstić information content (AvgIpc) is 2.37. The molecule has 0 fully saturated rings. The molecule has 0 saturated carbocycles. The van der Waals surface area contributed by atoms with Gasteiger partial charge in [0, 0.05) is 39.3 Å². The molecule has 20 heavy (non-hydrogen) atoms. The van der Waals surface area contributed by atoms with Gasteiger partial charge in [0.05, 0.1) is 27.7 Å². The number of hydrogen-bond donors (Lipinski definition) is 1. The van der Waals surface area contributed by atoms with Crippen LogP contribution in [0.15, 0.2) is 18.2 Å². The first-order valence-electron chi connectivity index (χ1n) is 5.90. The second kappa shape index (κ2) is 8.93. The van der Waals surface area contributed by atoms with Gasteiger partial charge in [-0.2, -0.15) is 0 Å². The third-order valence-corrected chi connectivity index (χ3v) is 2.90. The highest BCUT2D eigenvalue weighted by Crippen LogP contribution is 2.13. The minimum Gasteiger partial charge on any atom is -0.391 e. The third-order valence-electron chi connectivity index (χ3n) is 2.32. The monoisotopic (exact) mass is 392 g/mol. The summed E-state index contributed by atoms with van der Waals surface area (Å²) in [5.41, 5.74) is 0.982. The fraction of sp³-hybridized carbons (Fsp3) is 0.357. The average molecular weight is 392 g/mol. The highest BCUT2D eigenvalue weighted by atomic mass is 127. The largest absolute Gasteiger partial charge is 0.391 e. The minimum absolute atomic E-state index is 0.247. The topological polar surface area (TPSA) is 71.4 Å². The SMILES string of the molecule is C[N+](C)(C)CCO.O=Cc1ccc(C=O)c(C(=O)I)c1. The molecule has 1 aromatic rings. The molecule has 0 spiro atoms. The first-order chi connectivity index (χ1) is 9.25. The summed E-state index contributed by atoms with van der Waals surface area (Å²) in [7, 11) is 6.16. The Hall–Kier alpha value is -1.12. The quantitative estimate of drug-likeness (QED) is 0.358. The number of rotatable bonds is 5. The van der Waals surface area contributed by atoms with E-state index in [9.17, 15) is 14.4 Å². The van der Waals surface area contributed by atoms with Gasteiger partial charge >= 0.3 is 0 Å². The Morgan fingerprint density at radius 1 is 1.25 bits per heavy atom. The Kier molecular flexibility index (Phi) is 8.43. The van der Waals surface area contributed by atoms with E-state index in [1.54, 1.807) is 22.6 Å². The Bertz CT molecular complexity index is 481. The molecule has 1 rings (SSSR count). The fourth-order valence-corrected chi connectivity index (χ4v) is 1.69. The van der Waals surface area contributed by atoms with Crippen molar-refractivity contribution in [2.45, 2.75) is 0 Å². The Balaban J connectivity index is 0.000000441. The van der Waals surface area contributed by atoms with Gasteiger partial charge < -0.3 is 9.59 Å². The Morgan fingerprint density at radius 3 is 2.15 bits per heavy atom. The van der Waals surface area contributed by atoms with Gasteiger partial charge in [0.2, 0.25) is 3.79 Å². The van der Waals surface area contributed by atoms with Crippen LogP contribution in [0, 0.1) is 0 Å². The second-order valence-electron chi connectivity index (χ2n) is 5.09. The number of carbonyl (C=O) groups is 3. The lowest BCUT2D eigenvalue weighted by Crippen LogP contribution is -2.36. The van der Waals surface area contributed by atoms with Crippen molar-refractivity contribution in [3.8, 4) is 0 Å². The van der Waals surface area contributed by atoms with Gasteiger partial charge in [0.25, 0.3) is 0 Å². The van der Waals surface area contributed by atoms with E-state index in [2.05, 4.69) is 21.1 Å². The maximum Gasteiger partial charge on any atom is 0.223 e. The first-order valence-corrected chi connectivity index (χ1v) is 6.98. The first kappa shape index (κ1) is 18.9. The lowest BCUT2D eigenvalue weighted by atomic mass is 10.1. The van der Waals surface area contributed by atoms with Crippen LogP contribution in [0.1, 0.15) is 31.1 Å². The van der Waals surface area contributed by atoms with E-state index >= 15 is 0 Å². The molecule has 0 aliphatic heterocycles. The zero-order valence-electron chi connectivity index (χ0n) is 11.8. The molecule has 5 nitrogen and oxygen atoms in total. The molecule has 0 aliphatic carbocycles. The molecule has 0 radical (unpaired) electrons. The summed E-state index contributed by atoms with van der Waals surface area (Å²) in [4.78, 5) is 31.9. The van der Waals surface area contributed by atoms with E-state index in [-0.39, 0.29) is 16.0 Å². The van der Waals surface area contributed by atoms with Crippen LogP contribution in [0.25, 0.3) is 0 Å². The van der Waals surface area contributed by atoms with E-state index in [1.807, 2.05) is 0 Å². The summed E-state index contributed by atoms with van der Waals surface area (Å²) in [5, 5.41) is 8.39. The van der Waals surface area contributed by atoms with Gasteiger partial charge in [-0.1, -0.05) is 12.1 Å². The van der Waals surface area contributed by atoms with Gasteiger partial charge in [0.15, 0.2) is 6.29 Å². The molecule has 0 unspecified atom stereocenters. The van der Waals surface area contributed by atoms with E-state index in [0.717, 1.165) is 11.0 Å². The van der Waals surface area contributed by atoms with Gasteiger partial charge in [-0.15, -0.1) is 0 Å². The molecule has 0 amide bonds.